The molecule has 0 aromatic heterocycles. The standard InChI is InChI=1S/C18H21N3OS/c1-12-3-5-14(6-4-12)21-17(23)15(11-19)16(22)20-18(21)9-7-13(2)8-10-18/h3-6,13,23H,7-10H2,1-2H3,(H,20,22). The van der Waals surface area contributed by atoms with Crippen molar-refractivity contribution in [3.05, 3.63) is 40.4 Å². The zero-order chi connectivity index (χ0) is 16.6. The van der Waals surface area contributed by atoms with Crippen LogP contribution in [0.25, 0.3) is 0 Å². The number of anilines is 1. The molecular weight excluding hydrogens is 306 g/mol. The van der Waals surface area contributed by atoms with Crippen LogP contribution in [0, 0.1) is 24.2 Å². The number of nitrogens with one attached hydrogen (secondary N) is 1. The molecule has 2 aliphatic rings. The van der Waals surface area contributed by atoms with Crippen LogP contribution in [0.4, 0.5) is 5.69 Å². The van der Waals surface area contributed by atoms with Gasteiger partial charge in [-0.15, -0.1) is 12.6 Å². The Bertz CT molecular complexity index is 694. The largest absolute Gasteiger partial charge is 0.328 e. The normalized spacial score (nSPS) is 27.8. The number of hydrogen-bond donors (Lipinski definition) is 2. The van der Waals surface area contributed by atoms with Crippen LogP contribution >= 0.6 is 12.6 Å². The van der Waals surface area contributed by atoms with Crippen molar-refractivity contribution < 1.29 is 4.79 Å². The summed E-state index contributed by atoms with van der Waals surface area (Å²) in [6.07, 6.45) is 3.81. The van der Waals surface area contributed by atoms with Gasteiger partial charge in [0.15, 0.2) is 0 Å². The average Bonchev–Trinajstić information content (AvgIpc) is 2.52. The molecule has 0 saturated heterocycles. The molecule has 0 radical (unpaired) electrons. The second kappa shape index (κ2) is 5.93. The molecule has 0 bridgehead atoms. The van der Waals surface area contributed by atoms with E-state index in [-0.39, 0.29) is 11.5 Å². The molecule has 1 aromatic rings. The average molecular weight is 327 g/mol. The van der Waals surface area contributed by atoms with Crippen LogP contribution in [0.1, 0.15) is 38.2 Å². The maximum atomic E-state index is 12.4. The third kappa shape index (κ3) is 2.72. The summed E-state index contributed by atoms with van der Waals surface area (Å²) in [7, 11) is 0. The van der Waals surface area contributed by atoms with Gasteiger partial charge in [-0.25, -0.2) is 0 Å². The van der Waals surface area contributed by atoms with Crippen molar-refractivity contribution in [3.63, 3.8) is 0 Å². The van der Waals surface area contributed by atoms with Gasteiger partial charge < -0.3 is 10.2 Å². The summed E-state index contributed by atoms with van der Waals surface area (Å²) in [5, 5.41) is 12.9. The van der Waals surface area contributed by atoms with Gasteiger partial charge in [0.05, 0.1) is 5.03 Å². The van der Waals surface area contributed by atoms with Crippen LogP contribution in [0.2, 0.25) is 0 Å². The van der Waals surface area contributed by atoms with Crippen molar-refractivity contribution >= 4 is 24.2 Å². The van der Waals surface area contributed by atoms with Gasteiger partial charge in [0.2, 0.25) is 0 Å². The first-order valence-corrected chi connectivity index (χ1v) is 8.44. The number of aryl methyl sites for hydroxylation is 1. The fraction of sp³-hybridized carbons (Fsp3) is 0.444. The van der Waals surface area contributed by atoms with Gasteiger partial charge in [-0.3, -0.25) is 4.79 Å². The number of thiol groups is 1. The minimum absolute atomic E-state index is 0.0816. The number of carbonyl (C=O) groups excluding carboxylic acids is 1. The number of amides is 1. The number of carbonyl (C=O) groups is 1. The SMILES string of the molecule is Cc1ccc(N2C(S)=C(C#N)C(=O)NC23CCC(C)CC3)cc1. The molecule has 23 heavy (non-hydrogen) atoms. The number of hydrogen-bond acceptors (Lipinski definition) is 4. The van der Waals surface area contributed by atoms with Crippen molar-refractivity contribution in [3.8, 4) is 6.07 Å². The molecule has 0 unspecified atom stereocenters. The van der Waals surface area contributed by atoms with Gasteiger partial charge in [-0.2, -0.15) is 5.26 Å². The molecular formula is C18H21N3OS. The highest BCUT2D eigenvalue weighted by Gasteiger charge is 2.46. The van der Waals surface area contributed by atoms with Crippen LogP contribution in [0.3, 0.4) is 0 Å². The lowest BCUT2D eigenvalue weighted by atomic mass is 9.80. The predicted octanol–water partition coefficient (Wildman–Crippen LogP) is 3.50. The summed E-state index contributed by atoms with van der Waals surface area (Å²) in [4.78, 5) is 14.4. The molecule has 1 aromatic carbocycles. The predicted molar refractivity (Wildman–Crippen MR) is 93.8 cm³/mol. The van der Waals surface area contributed by atoms with Crippen LogP contribution in [0.5, 0.6) is 0 Å². The highest BCUT2D eigenvalue weighted by molar-refractivity contribution is 7.84. The van der Waals surface area contributed by atoms with E-state index in [2.05, 4.69) is 24.9 Å². The fourth-order valence-corrected chi connectivity index (χ4v) is 3.96. The van der Waals surface area contributed by atoms with E-state index in [1.165, 1.54) is 5.56 Å². The van der Waals surface area contributed by atoms with Gasteiger partial charge in [0.1, 0.15) is 17.3 Å². The first-order chi connectivity index (χ1) is 11.0. The lowest BCUT2D eigenvalue weighted by Crippen LogP contribution is -2.64. The second-order valence-corrected chi connectivity index (χ2v) is 7.07. The molecule has 1 N–H and O–H groups in total. The maximum absolute atomic E-state index is 12.4. The lowest BCUT2D eigenvalue weighted by molar-refractivity contribution is -0.120. The minimum Gasteiger partial charge on any atom is -0.328 e. The zero-order valence-electron chi connectivity index (χ0n) is 13.5. The number of nitrogens with zero attached hydrogens (tertiary/aromatic N) is 2. The van der Waals surface area contributed by atoms with E-state index >= 15 is 0 Å². The summed E-state index contributed by atoms with van der Waals surface area (Å²) in [6.45, 7) is 4.28. The Kier molecular flexibility index (Phi) is 4.11. The quantitative estimate of drug-likeness (QED) is 0.776. The molecule has 1 amide bonds. The molecule has 1 aliphatic heterocycles. The van der Waals surface area contributed by atoms with Crippen LogP contribution in [-0.4, -0.2) is 11.6 Å². The van der Waals surface area contributed by atoms with Crippen molar-refractivity contribution in [1.82, 2.24) is 5.32 Å². The van der Waals surface area contributed by atoms with Gasteiger partial charge in [-0.1, -0.05) is 24.6 Å². The Labute approximate surface area is 142 Å². The van der Waals surface area contributed by atoms with Crippen molar-refractivity contribution in [2.45, 2.75) is 45.2 Å². The maximum Gasteiger partial charge on any atom is 0.266 e. The summed E-state index contributed by atoms with van der Waals surface area (Å²) in [5.74, 6) is 0.345. The first-order valence-electron chi connectivity index (χ1n) is 7.99. The molecule has 1 aliphatic carbocycles. The minimum atomic E-state index is -0.476. The molecule has 1 saturated carbocycles. The van der Waals surface area contributed by atoms with Crippen LogP contribution in [-0.2, 0) is 4.79 Å². The Balaban J connectivity index is 2.11. The second-order valence-electron chi connectivity index (χ2n) is 6.65. The van der Waals surface area contributed by atoms with E-state index in [4.69, 9.17) is 0 Å². The summed E-state index contributed by atoms with van der Waals surface area (Å²) < 4.78 is 0. The van der Waals surface area contributed by atoms with E-state index in [1.54, 1.807) is 0 Å². The lowest BCUT2D eigenvalue weighted by Gasteiger charge is -2.51. The highest BCUT2D eigenvalue weighted by atomic mass is 32.1. The number of benzene rings is 1. The van der Waals surface area contributed by atoms with Crippen molar-refractivity contribution in [2.24, 2.45) is 5.92 Å². The van der Waals surface area contributed by atoms with Gasteiger partial charge in [-0.05, 0) is 50.7 Å². The van der Waals surface area contributed by atoms with Gasteiger partial charge in [0.25, 0.3) is 5.91 Å². The molecule has 120 valence electrons. The third-order valence-electron chi connectivity index (χ3n) is 4.94. The summed E-state index contributed by atoms with van der Waals surface area (Å²) >= 11 is 4.56. The first kappa shape index (κ1) is 15.9. The fourth-order valence-electron chi connectivity index (χ4n) is 3.50. The Morgan fingerprint density at radius 2 is 1.91 bits per heavy atom. The van der Waals surface area contributed by atoms with Crippen molar-refractivity contribution in [2.75, 3.05) is 4.90 Å². The van der Waals surface area contributed by atoms with E-state index in [0.717, 1.165) is 31.4 Å². The van der Waals surface area contributed by atoms with E-state index < -0.39 is 5.66 Å². The number of rotatable bonds is 1. The Hall–Kier alpha value is -1.93. The van der Waals surface area contributed by atoms with Crippen LogP contribution < -0.4 is 10.2 Å². The summed E-state index contributed by atoms with van der Waals surface area (Å²) in [6, 6.07) is 10.1. The van der Waals surface area contributed by atoms with Crippen molar-refractivity contribution in [1.29, 1.82) is 5.26 Å². The third-order valence-corrected chi connectivity index (χ3v) is 5.37. The molecule has 1 heterocycles. The summed E-state index contributed by atoms with van der Waals surface area (Å²) in [5.41, 5.74) is 1.74. The Morgan fingerprint density at radius 3 is 2.48 bits per heavy atom. The molecule has 3 rings (SSSR count). The Morgan fingerprint density at radius 1 is 1.30 bits per heavy atom. The molecule has 5 heteroatoms. The topological polar surface area (TPSA) is 56.1 Å². The smallest absolute Gasteiger partial charge is 0.266 e. The molecule has 0 atom stereocenters. The van der Waals surface area contributed by atoms with E-state index in [9.17, 15) is 10.1 Å². The van der Waals surface area contributed by atoms with Crippen LogP contribution in [0.15, 0.2) is 34.9 Å². The molecule has 1 fully saturated rings. The highest BCUT2D eigenvalue weighted by Crippen LogP contribution is 2.43. The van der Waals surface area contributed by atoms with E-state index in [1.807, 2.05) is 42.2 Å². The van der Waals surface area contributed by atoms with Gasteiger partial charge >= 0.3 is 0 Å². The number of nitriles is 1. The zero-order valence-corrected chi connectivity index (χ0v) is 14.4. The van der Waals surface area contributed by atoms with E-state index in [0.29, 0.717) is 10.9 Å². The molecule has 1 spiro atoms. The monoisotopic (exact) mass is 327 g/mol. The molecule has 4 nitrogen and oxygen atoms in total. The van der Waals surface area contributed by atoms with Gasteiger partial charge in [0, 0.05) is 5.69 Å².